The Hall–Kier alpha value is -3.88. The van der Waals surface area contributed by atoms with Crippen LogP contribution in [0.15, 0.2) is 47.5 Å². The summed E-state index contributed by atoms with van der Waals surface area (Å²) in [6, 6.07) is 10.8. The predicted octanol–water partition coefficient (Wildman–Crippen LogP) is 2.19. The number of hydrogen-bond acceptors (Lipinski definition) is 6. The first-order chi connectivity index (χ1) is 17.8. The van der Waals surface area contributed by atoms with Gasteiger partial charge in [0.25, 0.3) is 15.9 Å². The van der Waals surface area contributed by atoms with Gasteiger partial charge in [-0.2, -0.15) is 5.26 Å². The monoisotopic (exact) mass is 520 g/mol. The first-order valence-corrected chi connectivity index (χ1v) is 13.7. The van der Waals surface area contributed by atoms with Crippen LogP contribution in [0.5, 0.6) is 0 Å². The largest absolute Gasteiger partial charge is 0.358 e. The fraction of sp³-hybridized carbons (Fsp3) is 0.346. The molecule has 0 saturated carbocycles. The Balaban J connectivity index is 1.39. The molecule has 37 heavy (non-hydrogen) atoms. The second kappa shape index (κ2) is 9.88. The molecule has 192 valence electrons. The molecule has 0 radical (unpaired) electrons. The summed E-state index contributed by atoms with van der Waals surface area (Å²) < 4.78 is 29.2. The van der Waals surface area contributed by atoms with Gasteiger partial charge in [0.1, 0.15) is 12.1 Å². The van der Waals surface area contributed by atoms with Crippen LogP contribution in [-0.4, -0.2) is 73.8 Å². The number of nitriles is 1. The smallest absolute Gasteiger partial charge is 0.261 e. The highest BCUT2D eigenvalue weighted by molar-refractivity contribution is 7.92. The number of nitrogens with zero attached hydrogens (tertiary/aromatic N) is 3. The third-order valence-corrected chi connectivity index (χ3v) is 8.39. The second-order valence-electron chi connectivity index (χ2n) is 9.36. The summed E-state index contributed by atoms with van der Waals surface area (Å²) in [5, 5.41) is 13.3. The quantitative estimate of drug-likeness (QED) is 0.471. The van der Waals surface area contributed by atoms with Crippen LogP contribution < -0.4 is 10.0 Å². The van der Waals surface area contributed by atoms with Gasteiger partial charge in [0.15, 0.2) is 0 Å². The Labute approximate surface area is 215 Å². The summed E-state index contributed by atoms with van der Waals surface area (Å²) in [6.07, 6.45) is 2.86. The van der Waals surface area contributed by atoms with Crippen molar-refractivity contribution in [2.45, 2.75) is 30.7 Å². The van der Waals surface area contributed by atoms with Crippen molar-refractivity contribution in [1.82, 2.24) is 20.1 Å². The van der Waals surface area contributed by atoms with Crippen LogP contribution in [0.1, 0.15) is 34.3 Å². The molecule has 3 N–H and O–H groups in total. The third kappa shape index (κ3) is 4.65. The lowest BCUT2D eigenvalue weighted by Gasteiger charge is -2.33. The average molecular weight is 521 g/mol. The zero-order chi connectivity index (χ0) is 26.2. The normalized spacial score (nSPS) is 18.1. The van der Waals surface area contributed by atoms with Crippen molar-refractivity contribution in [1.29, 1.82) is 5.26 Å². The number of amides is 2. The minimum Gasteiger partial charge on any atom is -0.358 e. The predicted molar refractivity (Wildman–Crippen MR) is 139 cm³/mol. The molecule has 1 atom stereocenters. The van der Waals surface area contributed by atoms with Gasteiger partial charge in [-0.25, -0.2) is 8.42 Å². The van der Waals surface area contributed by atoms with Crippen LogP contribution in [0.3, 0.4) is 0 Å². The minimum atomic E-state index is -4.05. The SMILES string of the molecule is Cc1ccc(NS(=O)(=O)c2cccc(C(=O)N3CCC[C@H]3C(=O)N3CCNCC3)c2)c2[nH]cc(C#N)c12. The number of H-pyrrole nitrogens is 1. The number of rotatable bonds is 5. The molecule has 0 spiro atoms. The van der Waals surface area contributed by atoms with Crippen LogP contribution >= 0.6 is 0 Å². The van der Waals surface area contributed by atoms with Crippen molar-refractivity contribution in [3.05, 3.63) is 59.3 Å². The molecule has 2 fully saturated rings. The van der Waals surface area contributed by atoms with Crippen LogP contribution in [0.2, 0.25) is 0 Å². The van der Waals surface area contributed by atoms with E-state index in [0.717, 1.165) is 25.1 Å². The van der Waals surface area contributed by atoms with Crippen LogP contribution in [0, 0.1) is 18.3 Å². The van der Waals surface area contributed by atoms with Gasteiger partial charge >= 0.3 is 0 Å². The molecule has 0 aliphatic carbocycles. The standard InChI is InChI=1S/C26H28N6O4S/c1-17-7-8-21(24-23(17)19(15-27)16-29-24)30-37(35,36)20-5-2-4-18(14-20)25(33)32-11-3-6-22(32)26(34)31-12-9-28-10-13-31/h2,4-5,7-8,14,16,22,28-30H,3,6,9-13H2,1H3/t22-/m0/s1. The van der Waals surface area contributed by atoms with E-state index in [2.05, 4.69) is 21.1 Å². The molecule has 2 aromatic carbocycles. The van der Waals surface area contributed by atoms with Crippen molar-refractivity contribution in [3.63, 3.8) is 0 Å². The van der Waals surface area contributed by atoms with Gasteiger partial charge in [0, 0.05) is 49.9 Å². The highest BCUT2D eigenvalue weighted by atomic mass is 32.2. The lowest BCUT2D eigenvalue weighted by atomic mass is 10.1. The fourth-order valence-electron chi connectivity index (χ4n) is 5.12. The second-order valence-corrected chi connectivity index (χ2v) is 11.0. The summed E-state index contributed by atoms with van der Waals surface area (Å²) in [4.78, 5) is 32.8. The third-order valence-electron chi connectivity index (χ3n) is 7.03. The van der Waals surface area contributed by atoms with Gasteiger partial charge in [-0.3, -0.25) is 14.3 Å². The number of anilines is 1. The Kier molecular flexibility index (Phi) is 6.62. The summed E-state index contributed by atoms with van der Waals surface area (Å²) in [5.41, 5.74) is 2.30. The zero-order valence-corrected chi connectivity index (χ0v) is 21.3. The maximum Gasteiger partial charge on any atom is 0.261 e. The summed E-state index contributed by atoms with van der Waals surface area (Å²) in [6.45, 7) is 4.98. The number of likely N-dealkylation sites (tertiary alicyclic amines) is 1. The van der Waals surface area contributed by atoms with Crippen molar-refractivity contribution in [3.8, 4) is 6.07 Å². The van der Waals surface area contributed by atoms with Crippen molar-refractivity contribution in [2.24, 2.45) is 0 Å². The number of hydrogen-bond donors (Lipinski definition) is 3. The number of carbonyl (C=O) groups excluding carboxylic acids is 2. The number of aromatic nitrogens is 1. The van der Waals surface area contributed by atoms with Crippen molar-refractivity contribution >= 4 is 38.4 Å². The van der Waals surface area contributed by atoms with Gasteiger partial charge in [0.05, 0.1) is 21.7 Å². The number of benzene rings is 2. The maximum atomic E-state index is 13.4. The van der Waals surface area contributed by atoms with E-state index in [-0.39, 0.29) is 22.3 Å². The molecule has 1 aromatic heterocycles. The molecule has 3 aromatic rings. The first kappa shape index (κ1) is 24.8. The number of nitrogens with one attached hydrogen (secondary N) is 3. The zero-order valence-electron chi connectivity index (χ0n) is 20.5. The average Bonchev–Trinajstić information content (AvgIpc) is 3.58. The van der Waals surface area contributed by atoms with Gasteiger partial charge in [-0.05, 0) is 49.6 Å². The van der Waals surface area contributed by atoms with Gasteiger partial charge < -0.3 is 20.1 Å². The molecule has 11 heteroatoms. The molecule has 2 saturated heterocycles. The summed E-state index contributed by atoms with van der Waals surface area (Å²) in [5.74, 6) is -0.410. The Morgan fingerprint density at radius 3 is 2.68 bits per heavy atom. The number of aromatic amines is 1. The molecule has 10 nitrogen and oxygen atoms in total. The van der Waals surface area contributed by atoms with Gasteiger partial charge in [-0.15, -0.1) is 0 Å². The summed E-state index contributed by atoms with van der Waals surface area (Å²) >= 11 is 0. The highest BCUT2D eigenvalue weighted by Gasteiger charge is 2.37. The van der Waals surface area contributed by atoms with E-state index < -0.39 is 16.1 Å². The Bertz CT molecular complexity index is 1520. The van der Waals surface area contributed by atoms with Crippen molar-refractivity contribution < 1.29 is 18.0 Å². The van der Waals surface area contributed by atoms with E-state index in [1.165, 1.54) is 18.2 Å². The van der Waals surface area contributed by atoms with E-state index in [9.17, 15) is 23.3 Å². The molecule has 0 bridgehead atoms. The number of aryl methyl sites for hydroxylation is 1. The molecular formula is C26H28N6O4S. The number of fused-ring (bicyclic) bond motifs is 1. The molecule has 0 unspecified atom stereocenters. The number of carbonyl (C=O) groups is 2. The van der Waals surface area contributed by atoms with E-state index in [0.29, 0.717) is 48.2 Å². The van der Waals surface area contributed by atoms with E-state index in [1.807, 2.05) is 6.92 Å². The van der Waals surface area contributed by atoms with E-state index >= 15 is 0 Å². The Morgan fingerprint density at radius 1 is 1.14 bits per heavy atom. The van der Waals surface area contributed by atoms with Gasteiger partial charge in [-0.1, -0.05) is 12.1 Å². The molecule has 2 aliphatic heterocycles. The topological polar surface area (TPSA) is 138 Å². The van der Waals surface area contributed by atoms with E-state index in [1.54, 1.807) is 34.2 Å². The number of piperazine rings is 1. The molecule has 5 rings (SSSR count). The lowest BCUT2D eigenvalue weighted by molar-refractivity contribution is -0.135. The molecular weight excluding hydrogens is 492 g/mol. The van der Waals surface area contributed by atoms with Gasteiger partial charge in [0.2, 0.25) is 5.91 Å². The first-order valence-electron chi connectivity index (χ1n) is 12.2. The maximum absolute atomic E-state index is 13.4. The van der Waals surface area contributed by atoms with Crippen LogP contribution in [-0.2, 0) is 14.8 Å². The highest BCUT2D eigenvalue weighted by Crippen LogP contribution is 2.30. The minimum absolute atomic E-state index is 0.0520. The molecule has 2 aliphatic rings. The number of sulfonamides is 1. The summed E-state index contributed by atoms with van der Waals surface area (Å²) in [7, 11) is -4.05. The molecule has 2 amide bonds. The molecule has 3 heterocycles. The van der Waals surface area contributed by atoms with Crippen molar-refractivity contribution in [2.75, 3.05) is 37.4 Å². The van der Waals surface area contributed by atoms with E-state index in [4.69, 9.17) is 0 Å². The van der Waals surface area contributed by atoms with Crippen LogP contribution in [0.4, 0.5) is 5.69 Å². The van der Waals surface area contributed by atoms with Crippen LogP contribution in [0.25, 0.3) is 10.9 Å². The Morgan fingerprint density at radius 2 is 1.92 bits per heavy atom. The fourth-order valence-corrected chi connectivity index (χ4v) is 6.24. The lowest BCUT2D eigenvalue weighted by Crippen LogP contribution is -2.53.